The molecular formula is C17H16N2O2S. The van der Waals surface area contributed by atoms with Gasteiger partial charge >= 0.3 is 0 Å². The van der Waals surface area contributed by atoms with Gasteiger partial charge in [-0.05, 0) is 43.0 Å². The molecule has 5 heteroatoms. The number of imide groups is 1. The molecule has 2 aromatic carbocycles. The Hall–Kier alpha value is -2.27. The van der Waals surface area contributed by atoms with Gasteiger partial charge < -0.3 is 4.90 Å². The van der Waals surface area contributed by atoms with Crippen LogP contribution in [0.2, 0.25) is 0 Å². The van der Waals surface area contributed by atoms with E-state index in [-0.39, 0.29) is 11.1 Å². The Kier molecular flexibility index (Phi) is 3.90. The summed E-state index contributed by atoms with van der Waals surface area (Å²) >= 11 is 1.05. The number of anilines is 2. The largest absolute Gasteiger partial charge is 0.354 e. The highest BCUT2D eigenvalue weighted by atomic mass is 32.2. The minimum atomic E-state index is -0.532. The molecule has 0 saturated carbocycles. The van der Waals surface area contributed by atoms with Crippen LogP contribution in [0.25, 0.3) is 0 Å². The molecule has 0 aliphatic carbocycles. The molecule has 0 spiro atoms. The van der Waals surface area contributed by atoms with Crippen LogP contribution in [-0.2, 0) is 4.79 Å². The van der Waals surface area contributed by atoms with Crippen molar-refractivity contribution in [2.75, 3.05) is 16.8 Å². The topological polar surface area (TPSA) is 40.6 Å². The van der Waals surface area contributed by atoms with Gasteiger partial charge in [0, 0.05) is 12.7 Å². The Bertz CT molecular complexity index is 700. The van der Waals surface area contributed by atoms with E-state index in [9.17, 15) is 9.59 Å². The van der Waals surface area contributed by atoms with Crippen molar-refractivity contribution in [3.63, 3.8) is 0 Å². The van der Waals surface area contributed by atoms with Crippen LogP contribution >= 0.6 is 11.8 Å². The third kappa shape index (κ3) is 2.60. The van der Waals surface area contributed by atoms with Crippen molar-refractivity contribution < 1.29 is 9.59 Å². The van der Waals surface area contributed by atoms with E-state index in [1.165, 1.54) is 4.90 Å². The van der Waals surface area contributed by atoms with Gasteiger partial charge in [0.25, 0.3) is 11.1 Å². The van der Waals surface area contributed by atoms with Gasteiger partial charge in [-0.15, -0.1) is 0 Å². The Labute approximate surface area is 133 Å². The molecular weight excluding hydrogens is 296 g/mol. The number of rotatable bonds is 3. The van der Waals surface area contributed by atoms with Gasteiger partial charge in [-0.1, -0.05) is 35.9 Å². The van der Waals surface area contributed by atoms with Crippen LogP contribution in [0.5, 0.6) is 0 Å². The van der Waals surface area contributed by atoms with Gasteiger partial charge in [-0.3, -0.25) is 9.59 Å². The number of carbonyl (C=O) groups excluding carboxylic acids is 2. The summed E-state index contributed by atoms with van der Waals surface area (Å²) in [4.78, 5) is 28.0. The molecule has 1 aliphatic heterocycles. The first-order valence-electron chi connectivity index (χ1n) is 6.97. The summed E-state index contributed by atoms with van der Waals surface area (Å²) in [7, 11) is 1.84. The highest BCUT2D eigenvalue weighted by molar-refractivity contribution is 8.16. The minimum absolute atomic E-state index is 0.204. The summed E-state index contributed by atoms with van der Waals surface area (Å²) in [6, 6.07) is 16.9. The molecule has 1 atom stereocenters. The van der Waals surface area contributed by atoms with Crippen LogP contribution < -0.4 is 9.80 Å². The third-order valence-corrected chi connectivity index (χ3v) is 4.76. The lowest BCUT2D eigenvalue weighted by atomic mass is 10.2. The SMILES string of the molecule is Cc1ccc(N(C)[C@H]2SC(=O)N(c3ccccc3)C2=O)cc1. The van der Waals surface area contributed by atoms with Crippen molar-refractivity contribution >= 4 is 34.3 Å². The van der Waals surface area contributed by atoms with Gasteiger partial charge in [-0.2, -0.15) is 0 Å². The van der Waals surface area contributed by atoms with Gasteiger partial charge in [-0.25, -0.2) is 4.90 Å². The zero-order chi connectivity index (χ0) is 15.7. The second kappa shape index (κ2) is 5.85. The Balaban J connectivity index is 1.86. The van der Waals surface area contributed by atoms with E-state index < -0.39 is 5.37 Å². The van der Waals surface area contributed by atoms with Gasteiger partial charge in [0.15, 0.2) is 5.37 Å². The second-order valence-corrected chi connectivity index (χ2v) is 6.22. The molecule has 0 aromatic heterocycles. The predicted molar refractivity (Wildman–Crippen MR) is 90.3 cm³/mol. The molecule has 1 heterocycles. The maximum atomic E-state index is 12.6. The first kappa shape index (κ1) is 14.7. The average molecular weight is 312 g/mol. The fraction of sp³-hybridized carbons (Fsp3) is 0.176. The Morgan fingerprint density at radius 3 is 2.27 bits per heavy atom. The number of likely N-dealkylation sites (N-methyl/N-ethyl adjacent to an activating group) is 1. The highest BCUT2D eigenvalue weighted by Crippen LogP contribution is 2.34. The Morgan fingerprint density at radius 2 is 1.64 bits per heavy atom. The molecule has 0 bridgehead atoms. The lowest BCUT2D eigenvalue weighted by molar-refractivity contribution is -0.116. The van der Waals surface area contributed by atoms with Crippen molar-refractivity contribution in [1.82, 2.24) is 0 Å². The first-order chi connectivity index (χ1) is 10.6. The van der Waals surface area contributed by atoms with Crippen molar-refractivity contribution in [1.29, 1.82) is 0 Å². The van der Waals surface area contributed by atoms with E-state index in [0.717, 1.165) is 23.0 Å². The molecule has 112 valence electrons. The van der Waals surface area contributed by atoms with Crippen LogP contribution in [0.4, 0.5) is 16.2 Å². The molecule has 0 unspecified atom stereocenters. The number of hydrogen-bond acceptors (Lipinski definition) is 4. The number of para-hydroxylation sites is 1. The van der Waals surface area contributed by atoms with E-state index in [0.29, 0.717) is 5.69 Å². The van der Waals surface area contributed by atoms with Crippen LogP contribution in [-0.4, -0.2) is 23.6 Å². The summed E-state index contributed by atoms with van der Waals surface area (Å²) in [5, 5.41) is -0.768. The van der Waals surface area contributed by atoms with Crippen LogP contribution in [0.3, 0.4) is 0 Å². The molecule has 3 rings (SSSR count). The molecule has 2 amide bonds. The number of nitrogens with zero attached hydrogens (tertiary/aromatic N) is 2. The normalized spacial score (nSPS) is 17.9. The van der Waals surface area contributed by atoms with Gasteiger partial charge in [0.1, 0.15) is 0 Å². The van der Waals surface area contributed by atoms with Crippen molar-refractivity contribution in [2.45, 2.75) is 12.3 Å². The van der Waals surface area contributed by atoms with Crippen molar-refractivity contribution in [2.24, 2.45) is 0 Å². The van der Waals surface area contributed by atoms with Crippen molar-refractivity contribution in [3.05, 3.63) is 60.2 Å². The van der Waals surface area contributed by atoms with Gasteiger partial charge in [0.05, 0.1) is 5.69 Å². The summed E-state index contributed by atoms with van der Waals surface area (Å²) < 4.78 is 0. The smallest absolute Gasteiger partial charge is 0.295 e. The minimum Gasteiger partial charge on any atom is -0.354 e. The van der Waals surface area contributed by atoms with E-state index in [4.69, 9.17) is 0 Å². The second-order valence-electron chi connectivity index (χ2n) is 5.19. The molecule has 0 N–H and O–H groups in total. The molecule has 1 saturated heterocycles. The number of carbonyl (C=O) groups is 2. The molecule has 22 heavy (non-hydrogen) atoms. The van der Waals surface area contributed by atoms with Crippen LogP contribution in [0.15, 0.2) is 54.6 Å². The summed E-state index contributed by atoms with van der Waals surface area (Å²) in [6.07, 6.45) is 0. The lowest BCUT2D eigenvalue weighted by Crippen LogP contribution is -2.39. The van der Waals surface area contributed by atoms with Crippen LogP contribution in [0.1, 0.15) is 5.56 Å². The summed E-state index contributed by atoms with van der Waals surface area (Å²) in [6.45, 7) is 2.01. The fourth-order valence-electron chi connectivity index (χ4n) is 2.37. The van der Waals surface area contributed by atoms with E-state index in [1.807, 2.05) is 61.3 Å². The summed E-state index contributed by atoms with van der Waals surface area (Å²) in [5.41, 5.74) is 2.69. The zero-order valence-electron chi connectivity index (χ0n) is 12.4. The summed E-state index contributed by atoms with van der Waals surface area (Å²) in [5.74, 6) is -0.204. The maximum Gasteiger partial charge on any atom is 0.295 e. The first-order valence-corrected chi connectivity index (χ1v) is 7.85. The van der Waals surface area contributed by atoms with E-state index >= 15 is 0 Å². The monoisotopic (exact) mass is 312 g/mol. The predicted octanol–water partition coefficient (Wildman–Crippen LogP) is 3.66. The number of hydrogen-bond donors (Lipinski definition) is 0. The Morgan fingerprint density at radius 1 is 1.00 bits per heavy atom. The molecule has 4 nitrogen and oxygen atoms in total. The number of benzene rings is 2. The number of thioether (sulfide) groups is 1. The molecule has 0 radical (unpaired) electrons. The molecule has 2 aromatic rings. The molecule has 1 aliphatic rings. The van der Waals surface area contributed by atoms with Crippen molar-refractivity contribution in [3.8, 4) is 0 Å². The number of amides is 2. The van der Waals surface area contributed by atoms with E-state index in [2.05, 4.69) is 0 Å². The van der Waals surface area contributed by atoms with Crippen LogP contribution in [0, 0.1) is 6.92 Å². The average Bonchev–Trinajstić information content (AvgIpc) is 2.83. The maximum absolute atomic E-state index is 12.6. The van der Waals surface area contributed by atoms with Gasteiger partial charge in [0.2, 0.25) is 0 Å². The lowest BCUT2D eigenvalue weighted by Gasteiger charge is -2.24. The van der Waals surface area contributed by atoms with E-state index in [1.54, 1.807) is 12.1 Å². The highest BCUT2D eigenvalue weighted by Gasteiger charge is 2.42. The standard InChI is InChI=1S/C17H16N2O2S/c1-12-8-10-13(11-9-12)18(2)16-15(20)19(17(21)22-16)14-6-4-3-5-7-14/h3-11,16H,1-2H3/t16-/m0/s1. The molecule has 1 fully saturated rings. The zero-order valence-corrected chi connectivity index (χ0v) is 13.2. The fourth-order valence-corrected chi connectivity index (χ4v) is 3.35. The third-order valence-electron chi connectivity index (χ3n) is 3.63. The number of aryl methyl sites for hydroxylation is 1. The quantitative estimate of drug-likeness (QED) is 0.867.